The fourth-order valence-electron chi connectivity index (χ4n) is 1.86. The Balaban J connectivity index is 2.20. The third kappa shape index (κ3) is 3.26. The Kier molecular flexibility index (Phi) is 4.92. The van der Waals surface area contributed by atoms with E-state index in [9.17, 15) is 4.79 Å². The molecule has 1 amide bonds. The van der Waals surface area contributed by atoms with Gasteiger partial charge in [-0.05, 0) is 30.7 Å². The molecule has 2 nitrogen and oxygen atoms in total. The highest BCUT2D eigenvalue weighted by atomic mass is 35.5. The van der Waals surface area contributed by atoms with Gasteiger partial charge < -0.3 is 5.32 Å². The molecule has 0 saturated carbocycles. The van der Waals surface area contributed by atoms with E-state index in [1.165, 1.54) is 0 Å². The summed E-state index contributed by atoms with van der Waals surface area (Å²) in [7, 11) is 0. The van der Waals surface area contributed by atoms with Crippen molar-refractivity contribution >= 4 is 40.7 Å². The highest BCUT2D eigenvalue weighted by molar-refractivity contribution is 6.43. The molecule has 1 atom stereocenters. The number of benzene rings is 2. The number of nitrogens with one attached hydrogen (secondary N) is 1. The lowest BCUT2D eigenvalue weighted by atomic mass is 10.1. The molecule has 0 fully saturated rings. The Morgan fingerprint density at radius 2 is 1.65 bits per heavy atom. The van der Waals surface area contributed by atoms with Gasteiger partial charge in [0.25, 0.3) is 5.91 Å². The highest BCUT2D eigenvalue weighted by Gasteiger charge is 2.16. The monoisotopic (exact) mass is 327 g/mol. The van der Waals surface area contributed by atoms with Gasteiger partial charge >= 0.3 is 0 Å². The van der Waals surface area contributed by atoms with Crippen LogP contribution in [0.3, 0.4) is 0 Å². The predicted molar refractivity (Wildman–Crippen MR) is 83.8 cm³/mol. The van der Waals surface area contributed by atoms with Crippen LogP contribution in [0.4, 0.5) is 0 Å². The molecule has 0 aliphatic rings. The van der Waals surface area contributed by atoms with Crippen molar-refractivity contribution in [3.05, 3.63) is 68.7 Å². The molecule has 0 aromatic heterocycles. The quantitative estimate of drug-likeness (QED) is 0.830. The molecule has 5 heteroatoms. The second-order valence-corrected chi connectivity index (χ2v) is 5.51. The minimum atomic E-state index is -0.287. The van der Waals surface area contributed by atoms with E-state index in [1.807, 2.05) is 25.1 Å². The molecule has 0 spiro atoms. The lowest BCUT2D eigenvalue weighted by molar-refractivity contribution is 0.0940. The first-order valence-corrected chi connectivity index (χ1v) is 7.13. The molecule has 1 unspecified atom stereocenters. The summed E-state index contributed by atoms with van der Waals surface area (Å²) in [5.41, 5.74) is 1.19. The third-order valence-electron chi connectivity index (χ3n) is 2.92. The molecule has 0 saturated heterocycles. The summed E-state index contributed by atoms with van der Waals surface area (Å²) < 4.78 is 0. The van der Waals surface area contributed by atoms with Gasteiger partial charge in [-0.1, -0.05) is 59.1 Å². The van der Waals surface area contributed by atoms with Gasteiger partial charge in [0.05, 0.1) is 21.7 Å². The number of hydrogen-bond donors (Lipinski definition) is 1. The maximum Gasteiger partial charge on any atom is 0.253 e. The SMILES string of the molecule is CC(NC(=O)c1cccc(Cl)c1Cl)c1ccccc1Cl. The molecule has 2 rings (SSSR count). The van der Waals surface area contributed by atoms with Gasteiger partial charge in [-0.3, -0.25) is 4.79 Å². The zero-order chi connectivity index (χ0) is 14.7. The topological polar surface area (TPSA) is 29.1 Å². The molecule has 0 radical (unpaired) electrons. The van der Waals surface area contributed by atoms with Crippen LogP contribution < -0.4 is 5.32 Å². The molecule has 1 N–H and O–H groups in total. The van der Waals surface area contributed by atoms with Crippen molar-refractivity contribution in [2.75, 3.05) is 0 Å². The second kappa shape index (κ2) is 6.49. The Bertz CT molecular complexity index is 643. The van der Waals surface area contributed by atoms with Gasteiger partial charge in [0, 0.05) is 5.02 Å². The molecular formula is C15H12Cl3NO. The van der Waals surface area contributed by atoms with E-state index in [1.54, 1.807) is 24.3 Å². The molecule has 20 heavy (non-hydrogen) atoms. The second-order valence-electron chi connectivity index (χ2n) is 4.32. The normalized spacial score (nSPS) is 12.0. The summed E-state index contributed by atoms with van der Waals surface area (Å²) in [5.74, 6) is -0.287. The zero-order valence-corrected chi connectivity index (χ0v) is 12.9. The van der Waals surface area contributed by atoms with E-state index in [0.29, 0.717) is 15.6 Å². The van der Waals surface area contributed by atoms with E-state index < -0.39 is 0 Å². The maximum absolute atomic E-state index is 12.2. The van der Waals surface area contributed by atoms with Crippen LogP contribution >= 0.6 is 34.8 Å². The van der Waals surface area contributed by atoms with E-state index in [0.717, 1.165) is 5.56 Å². The van der Waals surface area contributed by atoms with Crippen molar-refractivity contribution in [2.45, 2.75) is 13.0 Å². The fourth-order valence-corrected chi connectivity index (χ4v) is 2.54. The van der Waals surface area contributed by atoms with E-state index >= 15 is 0 Å². The van der Waals surface area contributed by atoms with Crippen molar-refractivity contribution in [1.29, 1.82) is 0 Å². The highest BCUT2D eigenvalue weighted by Crippen LogP contribution is 2.27. The van der Waals surface area contributed by atoms with Crippen molar-refractivity contribution in [2.24, 2.45) is 0 Å². The van der Waals surface area contributed by atoms with Gasteiger partial charge in [0.1, 0.15) is 0 Å². The number of carbonyl (C=O) groups excluding carboxylic acids is 1. The number of hydrogen-bond acceptors (Lipinski definition) is 1. The van der Waals surface area contributed by atoms with Crippen LogP contribution in [-0.2, 0) is 0 Å². The lowest BCUT2D eigenvalue weighted by Gasteiger charge is -2.16. The molecule has 2 aromatic carbocycles. The largest absolute Gasteiger partial charge is 0.345 e. The molecule has 104 valence electrons. The van der Waals surface area contributed by atoms with Gasteiger partial charge in [-0.25, -0.2) is 0 Å². The smallest absolute Gasteiger partial charge is 0.253 e. The summed E-state index contributed by atoms with van der Waals surface area (Å²) in [4.78, 5) is 12.2. The molecule has 0 heterocycles. The van der Waals surface area contributed by atoms with Crippen molar-refractivity contribution in [1.82, 2.24) is 5.32 Å². The van der Waals surface area contributed by atoms with Gasteiger partial charge in [-0.2, -0.15) is 0 Å². The van der Waals surface area contributed by atoms with Crippen molar-refractivity contribution in [3.8, 4) is 0 Å². The summed E-state index contributed by atoms with van der Waals surface area (Å²) in [6, 6.07) is 12.1. The molecule has 0 aliphatic heterocycles. The first kappa shape index (κ1) is 15.2. The van der Waals surface area contributed by atoms with Crippen LogP contribution in [0.5, 0.6) is 0 Å². The molecular weight excluding hydrogens is 317 g/mol. The molecule has 0 aliphatic carbocycles. The summed E-state index contributed by atoms with van der Waals surface area (Å²) >= 11 is 18.0. The van der Waals surface area contributed by atoms with Crippen molar-refractivity contribution in [3.63, 3.8) is 0 Å². The Labute approximate surface area is 132 Å². The fraction of sp³-hybridized carbons (Fsp3) is 0.133. The number of carbonyl (C=O) groups is 1. The maximum atomic E-state index is 12.2. The van der Waals surface area contributed by atoms with Crippen LogP contribution in [0, 0.1) is 0 Å². The lowest BCUT2D eigenvalue weighted by Crippen LogP contribution is -2.27. The van der Waals surface area contributed by atoms with Crippen LogP contribution in [0.1, 0.15) is 28.9 Å². The van der Waals surface area contributed by atoms with Crippen LogP contribution in [-0.4, -0.2) is 5.91 Å². The van der Waals surface area contributed by atoms with Crippen molar-refractivity contribution < 1.29 is 4.79 Å². The van der Waals surface area contributed by atoms with Gasteiger partial charge in [0.2, 0.25) is 0 Å². The standard InChI is InChI=1S/C15H12Cl3NO/c1-9(10-5-2-3-7-12(10)16)19-15(20)11-6-4-8-13(17)14(11)18/h2-9H,1H3,(H,19,20). The van der Waals surface area contributed by atoms with Crippen LogP contribution in [0.15, 0.2) is 42.5 Å². The van der Waals surface area contributed by atoms with E-state index in [2.05, 4.69) is 5.32 Å². The number of rotatable bonds is 3. The Morgan fingerprint density at radius 1 is 1.00 bits per heavy atom. The molecule has 0 bridgehead atoms. The van der Waals surface area contributed by atoms with Crippen LogP contribution in [0.2, 0.25) is 15.1 Å². The predicted octanol–water partition coefficient (Wildman–Crippen LogP) is 5.14. The Hall–Kier alpha value is -1.22. The first-order valence-electron chi connectivity index (χ1n) is 6.00. The van der Waals surface area contributed by atoms with E-state index in [4.69, 9.17) is 34.8 Å². The van der Waals surface area contributed by atoms with Gasteiger partial charge in [-0.15, -0.1) is 0 Å². The van der Waals surface area contributed by atoms with Gasteiger partial charge in [0.15, 0.2) is 0 Å². The third-order valence-corrected chi connectivity index (χ3v) is 4.08. The molecule has 2 aromatic rings. The minimum Gasteiger partial charge on any atom is -0.345 e. The summed E-state index contributed by atoms with van der Waals surface area (Å²) in [5, 5.41) is 4.06. The summed E-state index contributed by atoms with van der Waals surface area (Å²) in [6.07, 6.45) is 0. The Morgan fingerprint density at radius 3 is 2.35 bits per heavy atom. The van der Waals surface area contributed by atoms with E-state index in [-0.39, 0.29) is 17.0 Å². The summed E-state index contributed by atoms with van der Waals surface area (Å²) in [6.45, 7) is 1.86. The first-order chi connectivity index (χ1) is 9.50. The van der Waals surface area contributed by atoms with Crippen LogP contribution in [0.25, 0.3) is 0 Å². The average molecular weight is 329 g/mol. The zero-order valence-electron chi connectivity index (χ0n) is 10.7. The number of halogens is 3. The number of amides is 1. The minimum absolute atomic E-state index is 0.230. The average Bonchev–Trinajstić information content (AvgIpc) is 2.42.